The molecule has 100 valence electrons. The molecule has 0 unspecified atom stereocenters. The van der Waals surface area contributed by atoms with E-state index in [-0.39, 0.29) is 24.4 Å². The zero-order valence-corrected chi connectivity index (χ0v) is 10.7. The number of aliphatic carboxylic acids is 1. The number of sulfonamides is 1. The van der Waals surface area contributed by atoms with E-state index in [1.165, 1.54) is 12.1 Å². The summed E-state index contributed by atoms with van der Waals surface area (Å²) in [5.41, 5.74) is 0. The topological polar surface area (TPSA) is 74.7 Å². The van der Waals surface area contributed by atoms with Crippen molar-refractivity contribution in [3.05, 3.63) is 30.1 Å². The Balaban J connectivity index is 2.99. The van der Waals surface area contributed by atoms with Gasteiger partial charge in [0.25, 0.3) is 0 Å². The van der Waals surface area contributed by atoms with Gasteiger partial charge in [0, 0.05) is 13.1 Å². The van der Waals surface area contributed by atoms with Crippen LogP contribution < -0.4 is 0 Å². The van der Waals surface area contributed by atoms with Crippen molar-refractivity contribution in [3.63, 3.8) is 0 Å². The first-order valence-corrected chi connectivity index (χ1v) is 6.79. The van der Waals surface area contributed by atoms with Crippen LogP contribution in [-0.2, 0) is 14.8 Å². The van der Waals surface area contributed by atoms with Gasteiger partial charge < -0.3 is 5.11 Å². The maximum absolute atomic E-state index is 13.0. The van der Waals surface area contributed by atoms with Crippen LogP contribution in [-0.4, -0.2) is 36.9 Å². The lowest BCUT2D eigenvalue weighted by molar-refractivity contribution is -0.137. The average molecular weight is 275 g/mol. The second-order valence-corrected chi connectivity index (χ2v) is 5.54. The number of carboxylic acid groups (broad SMARTS) is 1. The van der Waals surface area contributed by atoms with Crippen molar-refractivity contribution in [1.29, 1.82) is 0 Å². The fourth-order valence-corrected chi connectivity index (χ4v) is 2.93. The Bertz CT molecular complexity index is 530. The molecular formula is C11H14FNO4S. The van der Waals surface area contributed by atoms with Gasteiger partial charge in [-0.25, -0.2) is 12.8 Å². The molecule has 0 saturated heterocycles. The van der Waals surface area contributed by atoms with Crippen LogP contribution in [0.15, 0.2) is 29.2 Å². The van der Waals surface area contributed by atoms with E-state index in [2.05, 4.69) is 0 Å². The predicted octanol–water partition coefficient (Wildman–Crippen LogP) is 1.31. The number of carbonyl (C=O) groups is 1. The van der Waals surface area contributed by atoms with Crippen molar-refractivity contribution in [2.45, 2.75) is 18.2 Å². The van der Waals surface area contributed by atoms with Crippen molar-refractivity contribution in [3.8, 4) is 0 Å². The summed E-state index contributed by atoms with van der Waals surface area (Å²) < 4.78 is 38.2. The summed E-state index contributed by atoms with van der Waals surface area (Å²) in [6.07, 6.45) is -0.289. The third-order valence-corrected chi connectivity index (χ3v) is 4.33. The van der Waals surface area contributed by atoms with Gasteiger partial charge in [-0.3, -0.25) is 4.79 Å². The summed E-state index contributed by atoms with van der Waals surface area (Å²) in [5, 5.41) is 8.56. The first kappa shape index (κ1) is 14.6. The fourth-order valence-electron chi connectivity index (χ4n) is 1.45. The predicted molar refractivity (Wildman–Crippen MR) is 63.1 cm³/mol. The SMILES string of the molecule is CCN(CCC(=O)O)S(=O)(=O)c1cccc(F)c1. The van der Waals surface area contributed by atoms with Crippen molar-refractivity contribution in [2.24, 2.45) is 0 Å². The number of benzene rings is 1. The van der Waals surface area contributed by atoms with Crippen LogP contribution in [0.25, 0.3) is 0 Å². The Morgan fingerprint density at radius 1 is 1.44 bits per heavy atom. The molecule has 0 saturated carbocycles. The first-order valence-electron chi connectivity index (χ1n) is 5.35. The van der Waals surface area contributed by atoms with Crippen LogP contribution in [0.3, 0.4) is 0 Å². The van der Waals surface area contributed by atoms with Crippen molar-refractivity contribution < 1.29 is 22.7 Å². The van der Waals surface area contributed by atoms with Crippen molar-refractivity contribution in [2.75, 3.05) is 13.1 Å². The molecule has 1 aromatic carbocycles. The molecular weight excluding hydrogens is 261 g/mol. The number of hydrogen-bond acceptors (Lipinski definition) is 3. The standard InChI is InChI=1S/C11H14FNO4S/c1-2-13(7-6-11(14)15)18(16,17)10-5-3-4-9(12)8-10/h3-5,8H,2,6-7H2,1H3,(H,14,15). The smallest absolute Gasteiger partial charge is 0.304 e. The Kier molecular flexibility index (Phi) is 4.80. The maximum Gasteiger partial charge on any atom is 0.304 e. The highest BCUT2D eigenvalue weighted by Crippen LogP contribution is 2.16. The maximum atomic E-state index is 13.0. The second kappa shape index (κ2) is 5.92. The Labute approximate surface area is 105 Å². The number of hydrogen-bond donors (Lipinski definition) is 1. The molecule has 0 aromatic heterocycles. The van der Waals surface area contributed by atoms with E-state index in [0.717, 1.165) is 16.4 Å². The van der Waals surface area contributed by atoms with Gasteiger partial charge in [-0.1, -0.05) is 13.0 Å². The van der Waals surface area contributed by atoms with Gasteiger partial charge in [-0.2, -0.15) is 4.31 Å². The zero-order valence-electron chi connectivity index (χ0n) is 9.84. The van der Waals surface area contributed by atoms with Crippen molar-refractivity contribution in [1.82, 2.24) is 4.31 Å². The summed E-state index contributed by atoms with van der Waals surface area (Å²) >= 11 is 0. The average Bonchev–Trinajstić information content (AvgIpc) is 2.29. The van der Waals surface area contributed by atoms with Gasteiger partial charge in [-0.05, 0) is 18.2 Å². The Hall–Kier alpha value is -1.47. The Morgan fingerprint density at radius 3 is 2.61 bits per heavy atom. The molecule has 0 fully saturated rings. The molecule has 0 spiro atoms. The van der Waals surface area contributed by atoms with Gasteiger partial charge in [0.1, 0.15) is 5.82 Å². The summed E-state index contributed by atoms with van der Waals surface area (Å²) in [5.74, 6) is -1.73. The molecule has 0 aliphatic heterocycles. The molecule has 0 aliphatic carbocycles. The molecule has 0 aliphatic rings. The van der Waals surface area contributed by atoms with E-state index in [1.54, 1.807) is 6.92 Å². The normalized spacial score (nSPS) is 11.7. The van der Waals surface area contributed by atoms with Gasteiger partial charge >= 0.3 is 5.97 Å². The molecule has 1 rings (SSSR count). The fraction of sp³-hybridized carbons (Fsp3) is 0.364. The third kappa shape index (κ3) is 3.51. The van der Waals surface area contributed by atoms with E-state index < -0.39 is 21.8 Å². The van der Waals surface area contributed by atoms with Crippen molar-refractivity contribution >= 4 is 16.0 Å². The van der Waals surface area contributed by atoms with Crippen LogP contribution >= 0.6 is 0 Å². The highest BCUT2D eigenvalue weighted by atomic mass is 32.2. The lowest BCUT2D eigenvalue weighted by Crippen LogP contribution is -2.32. The van der Waals surface area contributed by atoms with Crippen LogP contribution in [0.2, 0.25) is 0 Å². The lowest BCUT2D eigenvalue weighted by atomic mass is 10.4. The highest BCUT2D eigenvalue weighted by molar-refractivity contribution is 7.89. The molecule has 0 atom stereocenters. The third-order valence-electron chi connectivity index (χ3n) is 2.36. The lowest BCUT2D eigenvalue weighted by Gasteiger charge is -2.19. The van der Waals surface area contributed by atoms with Crippen LogP contribution in [0, 0.1) is 5.82 Å². The summed E-state index contributed by atoms with van der Waals surface area (Å²) in [6, 6.07) is 4.64. The van der Waals surface area contributed by atoms with Gasteiger partial charge in [0.15, 0.2) is 0 Å². The number of rotatable bonds is 6. The van der Waals surface area contributed by atoms with Gasteiger partial charge in [0.2, 0.25) is 10.0 Å². The second-order valence-electron chi connectivity index (χ2n) is 3.60. The quantitative estimate of drug-likeness (QED) is 0.849. The molecule has 1 aromatic rings. The van der Waals surface area contributed by atoms with Crippen LogP contribution in [0.1, 0.15) is 13.3 Å². The van der Waals surface area contributed by atoms with E-state index in [9.17, 15) is 17.6 Å². The molecule has 0 bridgehead atoms. The molecule has 7 heteroatoms. The first-order chi connectivity index (χ1) is 8.37. The molecule has 0 heterocycles. The summed E-state index contributed by atoms with van der Waals surface area (Å²) in [7, 11) is -3.84. The minimum atomic E-state index is -3.84. The minimum absolute atomic E-state index is 0.131. The van der Waals surface area contributed by atoms with E-state index >= 15 is 0 Å². The van der Waals surface area contributed by atoms with E-state index in [4.69, 9.17) is 5.11 Å². The molecule has 0 amide bonds. The van der Waals surface area contributed by atoms with E-state index in [1.807, 2.05) is 0 Å². The summed E-state index contributed by atoms with van der Waals surface area (Å²) in [6.45, 7) is 1.59. The molecule has 18 heavy (non-hydrogen) atoms. The summed E-state index contributed by atoms with van der Waals surface area (Å²) in [4.78, 5) is 10.3. The molecule has 1 N–H and O–H groups in total. The number of halogens is 1. The number of carboxylic acids is 1. The van der Waals surface area contributed by atoms with Gasteiger partial charge in [-0.15, -0.1) is 0 Å². The van der Waals surface area contributed by atoms with Crippen LogP contribution in [0.4, 0.5) is 4.39 Å². The van der Waals surface area contributed by atoms with Crippen LogP contribution in [0.5, 0.6) is 0 Å². The molecule has 5 nitrogen and oxygen atoms in total. The monoisotopic (exact) mass is 275 g/mol. The van der Waals surface area contributed by atoms with Gasteiger partial charge in [0.05, 0.1) is 11.3 Å². The Morgan fingerprint density at radius 2 is 2.11 bits per heavy atom. The molecule has 0 radical (unpaired) electrons. The largest absolute Gasteiger partial charge is 0.481 e. The number of nitrogens with zero attached hydrogens (tertiary/aromatic N) is 1. The highest BCUT2D eigenvalue weighted by Gasteiger charge is 2.23. The zero-order chi connectivity index (χ0) is 13.8. The van der Waals surface area contributed by atoms with E-state index in [0.29, 0.717) is 0 Å². The minimum Gasteiger partial charge on any atom is -0.481 e.